The molecule has 0 aliphatic carbocycles. The maximum absolute atomic E-state index is 11.8. The second kappa shape index (κ2) is 5.47. The maximum atomic E-state index is 11.8. The normalized spacial score (nSPS) is 28.1. The molecule has 0 aromatic heterocycles. The number of carbonyl (C=O) groups is 1. The molecule has 4 heteroatoms. The number of carbonyl (C=O) groups excluding carboxylic acids is 1. The highest BCUT2D eigenvalue weighted by molar-refractivity contribution is 5.82. The molecule has 1 aliphatic rings. The van der Waals surface area contributed by atoms with Crippen LogP contribution in [0.2, 0.25) is 0 Å². The van der Waals surface area contributed by atoms with Crippen LogP contribution in [-0.4, -0.2) is 36.2 Å². The Morgan fingerprint density at radius 2 is 2.27 bits per heavy atom. The van der Waals surface area contributed by atoms with E-state index in [0.29, 0.717) is 5.92 Å². The molecule has 1 heterocycles. The number of amides is 1. The van der Waals surface area contributed by atoms with Gasteiger partial charge in [-0.2, -0.15) is 0 Å². The van der Waals surface area contributed by atoms with Crippen molar-refractivity contribution in [2.24, 2.45) is 11.8 Å². The minimum absolute atomic E-state index is 0.00447. The molecular weight excluding hydrogens is 192 g/mol. The van der Waals surface area contributed by atoms with Crippen LogP contribution >= 0.6 is 0 Å². The highest BCUT2D eigenvalue weighted by Gasteiger charge is 2.30. The van der Waals surface area contributed by atoms with Gasteiger partial charge in [-0.15, -0.1) is 0 Å². The van der Waals surface area contributed by atoms with Gasteiger partial charge in [0.05, 0.1) is 18.7 Å². The van der Waals surface area contributed by atoms with E-state index in [0.717, 1.165) is 13.0 Å². The minimum atomic E-state index is -0.132. The number of rotatable bonds is 4. The maximum Gasteiger partial charge on any atom is 0.237 e. The number of aliphatic hydroxyl groups is 1. The zero-order valence-electron chi connectivity index (χ0n) is 9.79. The second-order valence-electron chi connectivity index (χ2n) is 4.74. The molecule has 0 radical (unpaired) electrons. The first-order valence-corrected chi connectivity index (χ1v) is 5.71. The van der Waals surface area contributed by atoms with Crippen molar-refractivity contribution < 1.29 is 9.90 Å². The molecule has 1 aliphatic heterocycles. The van der Waals surface area contributed by atoms with Crippen LogP contribution in [0.4, 0.5) is 0 Å². The van der Waals surface area contributed by atoms with Crippen LogP contribution < -0.4 is 10.6 Å². The largest absolute Gasteiger partial charge is 0.394 e. The lowest BCUT2D eigenvalue weighted by molar-refractivity contribution is -0.124. The highest BCUT2D eigenvalue weighted by Crippen LogP contribution is 2.14. The van der Waals surface area contributed by atoms with Gasteiger partial charge in [0.15, 0.2) is 0 Å². The van der Waals surface area contributed by atoms with Gasteiger partial charge in [0, 0.05) is 0 Å². The van der Waals surface area contributed by atoms with E-state index in [2.05, 4.69) is 17.6 Å². The molecule has 0 bridgehead atoms. The van der Waals surface area contributed by atoms with Crippen molar-refractivity contribution in [3.63, 3.8) is 0 Å². The summed E-state index contributed by atoms with van der Waals surface area (Å²) in [6.07, 6.45) is 1.05. The lowest BCUT2D eigenvalue weighted by atomic mass is 10.0. The van der Waals surface area contributed by atoms with E-state index in [4.69, 9.17) is 5.11 Å². The topological polar surface area (TPSA) is 61.4 Å². The number of nitrogens with one attached hydrogen (secondary N) is 2. The van der Waals surface area contributed by atoms with Gasteiger partial charge in [-0.25, -0.2) is 0 Å². The Labute approximate surface area is 91.4 Å². The van der Waals surface area contributed by atoms with Crippen LogP contribution in [0.1, 0.15) is 27.2 Å². The van der Waals surface area contributed by atoms with Crippen molar-refractivity contribution in [2.75, 3.05) is 13.2 Å². The zero-order chi connectivity index (χ0) is 11.4. The van der Waals surface area contributed by atoms with Crippen LogP contribution in [0.25, 0.3) is 0 Å². The Hall–Kier alpha value is -0.610. The molecule has 0 aromatic rings. The van der Waals surface area contributed by atoms with Crippen molar-refractivity contribution >= 4 is 5.91 Å². The van der Waals surface area contributed by atoms with Gasteiger partial charge in [0.1, 0.15) is 0 Å². The van der Waals surface area contributed by atoms with E-state index >= 15 is 0 Å². The van der Waals surface area contributed by atoms with Crippen LogP contribution in [0, 0.1) is 11.8 Å². The summed E-state index contributed by atoms with van der Waals surface area (Å²) in [4.78, 5) is 11.8. The average molecular weight is 214 g/mol. The van der Waals surface area contributed by atoms with Gasteiger partial charge in [-0.05, 0) is 24.8 Å². The van der Waals surface area contributed by atoms with E-state index < -0.39 is 0 Å². The van der Waals surface area contributed by atoms with Gasteiger partial charge in [-0.3, -0.25) is 4.79 Å². The molecule has 1 fully saturated rings. The predicted molar refractivity (Wildman–Crippen MR) is 59.4 cm³/mol. The lowest BCUT2D eigenvalue weighted by Gasteiger charge is -2.23. The van der Waals surface area contributed by atoms with Gasteiger partial charge in [0.25, 0.3) is 0 Å². The Balaban J connectivity index is 2.46. The smallest absolute Gasteiger partial charge is 0.237 e. The molecule has 0 saturated carbocycles. The van der Waals surface area contributed by atoms with Crippen LogP contribution in [-0.2, 0) is 4.79 Å². The monoisotopic (exact) mass is 214 g/mol. The van der Waals surface area contributed by atoms with Gasteiger partial charge in [0.2, 0.25) is 5.91 Å². The predicted octanol–water partition coefficient (Wildman–Crippen LogP) is 0.118. The van der Waals surface area contributed by atoms with Crippen LogP contribution in [0.3, 0.4) is 0 Å². The number of hydrogen-bond donors (Lipinski definition) is 3. The lowest BCUT2D eigenvalue weighted by Crippen LogP contribution is -2.50. The first kappa shape index (κ1) is 12.5. The molecule has 1 amide bonds. The molecule has 3 atom stereocenters. The molecule has 0 aromatic carbocycles. The summed E-state index contributed by atoms with van der Waals surface area (Å²) in [6.45, 7) is 6.97. The number of aliphatic hydroxyl groups excluding tert-OH is 1. The summed E-state index contributed by atoms with van der Waals surface area (Å²) in [6, 6.07) is -0.218. The van der Waals surface area contributed by atoms with Gasteiger partial charge in [-0.1, -0.05) is 20.8 Å². The van der Waals surface area contributed by atoms with Crippen LogP contribution in [0.5, 0.6) is 0 Å². The molecule has 15 heavy (non-hydrogen) atoms. The average Bonchev–Trinajstić information content (AvgIpc) is 2.60. The van der Waals surface area contributed by atoms with Crippen LogP contribution in [0.15, 0.2) is 0 Å². The van der Waals surface area contributed by atoms with E-state index in [9.17, 15) is 4.79 Å². The summed E-state index contributed by atoms with van der Waals surface area (Å²) in [7, 11) is 0. The quantitative estimate of drug-likeness (QED) is 0.623. The Morgan fingerprint density at radius 3 is 2.67 bits per heavy atom. The SMILES string of the molecule is CC1CCNC1C(=O)N[C@H](CO)C(C)C. The van der Waals surface area contributed by atoms with Crippen molar-refractivity contribution in [3.05, 3.63) is 0 Å². The second-order valence-corrected chi connectivity index (χ2v) is 4.74. The third-order valence-corrected chi connectivity index (χ3v) is 3.14. The summed E-state index contributed by atoms with van der Waals surface area (Å²) < 4.78 is 0. The molecule has 1 rings (SSSR count). The molecule has 88 valence electrons. The fourth-order valence-electron chi connectivity index (χ4n) is 1.88. The molecule has 1 saturated heterocycles. The molecular formula is C11H22N2O2. The van der Waals surface area contributed by atoms with E-state index in [-0.39, 0.29) is 30.5 Å². The zero-order valence-corrected chi connectivity index (χ0v) is 9.79. The van der Waals surface area contributed by atoms with Crippen molar-refractivity contribution in [1.29, 1.82) is 0 Å². The summed E-state index contributed by atoms with van der Waals surface area (Å²) in [5.41, 5.74) is 0. The van der Waals surface area contributed by atoms with E-state index in [1.807, 2.05) is 13.8 Å². The first-order valence-electron chi connectivity index (χ1n) is 5.71. The fourth-order valence-corrected chi connectivity index (χ4v) is 1.88. The third kappa shape index (κ3) is 3.18. The van der Waals surface area contributed by atoms with E-state index in [1.54, 1.807) is 0 Å². The highest BCUT2D eigenvalue weighted by atomic mass is 16.3. The van der Waals surface area contributed by atoms with Crippen molar-refractivity contribution in [2.45, 2.75) is 39.3 Å². The minimum Gasteiger partial charge on any atom is -0.394 e. The van der Waals surface area contributed by atoms with Gasteiger partial charge < -0.3 is 15.7 Å². The Bertz CT molecular complexity index is 219. The molecule has 2 unspecified atom stereocenters. The number of hydrogen-bond acceptors (Lipinski definition) is 3. The standard InChI is InChI=1S/C11H22N2O2/c1-7(2)9(6-14)13-11(15)10-8(3)4-5-12-10/h7-10,12,14H,4-6H2,1-3H3,(H,13,15)/t8?,9-,10?/m1/s1. The summed E-state index contributed by atoms with van der Waals surface area (Å²) >= 11 is 0. The fraction of sp³-hybridized carbons (Fsp3) is 0.909. The van der Waals surface area contributed by atoms with Crippen molar-refractivity contribution in [3.8, 4) is 0 Å². The molecule has 4 nitrogen and oxygen atoms in total. The third-order valence-electron chi connectivity index (χ3n) is 3.14. The first-order chi connectivity index (χ1) is 7.06. The summed E-state index contributed by atoms with van der Waals surface area (Å²) in [5, 5.41) is 15.2. The van der Waals surface area contributed by atoms with Gasteiger partial charge >= 0.3 is 0 Å². The molecule has 0 spiro atoms. The molecule has 3 N–H and O–H groups in total. The summed E-state index contributed by atoms with van der Waals surface area (Å²) in [5.74, 6) is 0.667. The Morgan fingerprint density at radius 1 is 1.60 bits per heavy atom. The Kier molecular flexibility index (Phi) is 4.54. The van der Waals surface area contributed by atoms with Crippen molar-refractivity contribution in [1.82, 2.24) is 10.6 Å². The van der Waals surface area contributed by atoms with E-state index in [1.165, 1.54) is 0 Å².